The van der Waals surface area contributed by atoms with Crippen molar-refractivity contribution in [2.24, 2.45) is 0 Å². The quantitative estimate of drug-likeness (QED) is 0.836. The molecule has 116 valence electrons. The summed E-state index contributed by atoms with van der Waals surface area (Å²) in [5, 5.41) is 9.84. The molecule has 0 bridgehead atoms. The molecular weight excluding hydrogens is 264 g/mol. The van der Waals surface area contributed by atoms with Crippen LogP contribution in [0.25, 0.3) is 0 Å². The molecule has 4 heteroatoms. The highest BCUT2D eigenvalue weighted by molar-refractivity contribution is 5.97. The van der Waals surface area contributed by atoms with Gasteiger partial charge in [-0.15, -0.1) is 0 Å². The number of aryl methyl sites for hydroxylation is 1. The number of benzene rings is 1. The van der Waals surface area contributed by atoms with Crippen molar-refractivity contribution < 1.29 is 9.90 Å². The highest BCUT2D eigenvalue weighted by atomic mass is 16.3. The first kappa shape index (κ1) is 16.1. The van der Waals surface area contributed by atoms with Gasteiger partial charge in [0.15, 0.2) is 5.78 Å². The minimum absolute atomic E-state index is 0.186. The van der Waals surface area contributed by atoms with Gasteiger partial charge in [-0.25, -0.2) is 0 Å². The first-order valence-corrected chi connectivity index (χ1v) is 7.60. The lowest BCUT2D eigenvalue weighted by Crippen LogP contribution is -2.51. The molecule has 1 heterocycles. The molecule has 0 atom stereocenters. The maximum Gasteiger partial charge on any atom is 0.176 e. The van der Waals surface area contributed by atoms with Crippen molar-refractivity contribution in [2.75, 3.05) is 39.3 Å². The fourth-order valence-electron chi connectivity index (χ4n) is 2.69. The first-order valence-electron chi connectivity index (χ1n) is 7.60. The zero-order valence-corrected chi connectivity index (χ0v) is 13.3. The Kier molecular flexibility index (Phi) is 5.14. The van der Waals surface area contributed by atoms with Gasteiger partial charge in [0.1, 0.15) is 0 Å². The smallest absolute Gasteiger partial charge is 0.176 e. The van der Waals surface area contributed by atoms with Crippen molar-refractivity contribution >= 4 is 5.78 Å². The molecule has 0 saturated carbocycles. The molecule has 0 aliphatic carbocycles. The summed E-state index contributed by atoms with van der Waals surface area (Å²) in [6.07, 6.45) is 0. The molecule has 4 nitrogen and oxygen atoms in total. The molecule has 1 N–H and O–H groups in total. The van der Waals surface area contributed by atoms with Crippen molar-refractivity contribution in [1.29, 1.82) is 0 Å². The van der Waals surface area contributed by atoms with Crippen LogP contribution in [0.15, 0.2) is 24.3 Å². The maximum absolute atomic E-state index is 12.2. The van der Waals surface area contributed by atoms with Crippen LogP contribution in [0.4, 0.5) is 0 Å². The van der Waals surface area contributed by atoms with Gasteiger partial charge in [0.05, 0.1) is 12.1 Å². The zero-order chi connectivity index (χ0) is 15.5. The predicted molar refractivity (Wildman–Crippen MR) is 84.7 cm³/mol. The van der Waals surface area contributed by atoms with Gasteiger partial charge < -0.3 is 5.11 Å². The summed E-state index contributed by atoms with van der Waals surface area (Å²) in [6.45, 7) is 10.4. The number of nitrogens with zero attached hydrogens (tertiary/aromatic N) is 2. The normalized spacial score (nSPS) is 17.9. The number of Topliss-reactive ketones (excluding diaryl/α,β-unsaturated/α-hetero) is 1. The Morgan fingerprint density at radius 1 is 1.10 bits per heavy atom. The van der Waals surface area contributed by atoms with Crippen LogP contribution < -0.4 is 0 Å². The lowest BCUT2D eigenvalue weighted by Gasteiger charge is -2.37. The van der Waals surface area contributed by atoms with Crippen LogP contribution in [-0.2, 0) is 0 Å². The van der Waals surface area contributed by atoms with Crippen LogP contribution in [0, 0.1) is 6.92 Å². The Morgan fingerprint density at radius 2 is 1.62 bits per heavy atom. The van der Waals surface area contributed by atoms with Crippen molar-refractivity contribution in [1.82, 2.24) is 9.80 Å². The van der Waals surface area contributed by atoms with E-state index < -0.39 is 5.60 Å². The van der Waals surface area contributed by atoms with Gasteiger partial charge >= 0.3 is 0 Å². The topological polar surface area (TPSA) is 43.8 Å². The van der Waals surface area contributed by atoms with Crippen molar-refractivity contribution in [3.05, 3.63) is 35.4 Å². The second-order valence-corrected chi connectivity index (χ2v) is 6.65. The molecule has 21 heavy (non-hydrogen) atoms. The summed E-state index contributed by atoms with van der Waals surface area (Å²) in [4.78, 5) is 16.7. The predicted octanol–water partition coefficient (Wildman–Crippen LogP) is 1.57. The van der Waals surface area contributed by atoms with Gasteiger partial charge in [-0.05, 0) is 20.8 Å². The van der Waals surface area contributed by atoms with Crippen molar-refractivity contribution in [3.63, 3.8) is 0 Å². The van der Waals surface area contributed by atoms with Crippen LogP contribution in [0.1, 0.15) is 29.8 Å². The SMILES string of the molecule is Cc1ccc(C(=O)CN2CCN(CC(C)(C)O)CC2)cc1. The number of rotatable bonds is 5. The summed E-state index contributed by atoms with van der Waals surface area (Å²) in [5.41, 5.74) is 1.31. The third-order valence-electron chi connectivity index (χ3n) is 3.82. The number of carbonyl (C=O) groups excluding carboxylic acids is 1. The number of β-amino-alcohol motifs (C(OH)–C–C–N with tert-alkyl or cyclic N) is 1. The average molecular weight is 290 g/mol. The van der Waals surface area contributed by atoms with Gasteiger partial charge in [-0.3, -0.25) is 14.6 Å². The number of hydrogen-bond donors (Lipinski definition) is 1. The van der Waals surface area contributed by atoms with Crippen molar-refractivity contribution in [3.8, 4) is 0 Å². The van der Waals surface area contributed by atoms with E-state index in [1.165, 1.54) is 5.56 Å². The number of hydrogen-bond acceptors (Lipinski definition) is 4. The summed E-state index contributed by atoms with van der Waals surface area (Å²) < 4.78 is 0. The minimum Gasteiger partial charge on any atom is -0.389 e. The minimum atomic E-state index is -0.653. The van der Waals surface area contributed by atoms with E-state index >= 15 is 0 Å². The molecule has 0 amide bonds. The van der Waals surface area contributed by atoms with Gasteiger partial charge in [0, 0.05) is 38.3 Å². The molecular formula is C17H26N2O2. The molecule has 1 aromatic carbocycles. The Labute approximate surface area is 127 Å². The molecule has 0 aromatic heterocycles. The fourth-order valence-corrected chi connectivity index (χ4v) is 2.69. The third kappa shape index (κ3) is 5.23. The Morgan fingerprint density at radius 3 is 2.14 bits per heavy atom. The van der Waals surface area contributed by atoms with E-state index in [9.17, 15) is 9.90 Å². The van der Waals surface area contributed by atoms with E-state index in [2.05, 4.69) is 9.80 Å². The highest BCUT2D eigenvalue weighted by Crippen LogP contribution is 2.10. The van der Waals surface area contributed by atoms with E-state index in [-0.39, 0.29) is 5.78 Å². The fraction of sp³-hybridized carbons (Fsp3) is 0.588. The Balaban J connectivity index is 1.80. The van der Waals surface area contributed by atoms with E-state index in [0.29, 0.717) is 13.1 Å². The summed E-state index contributed by atoms with van der Waals surface area (Å²) in [5.74, 6) is 0.186. The standard InChI is InChI=1S/C17H26N2O2/c1-14-4-6-15(7-5-14)16(20)12-18-8-10-19(11-9-18)13-17(2,3)21/h4-7,21H,8-13H2,1-3H3. The monoisotopic (exact) mass is 290 g/mol. The second-order valence-electron chi connectivity index (χ2n) is 6.65. The first-order chi connectivity index (χ1) is 9.83. The van der Waals surface area contributed by atoms with Gasteiger partial charge in [-0.1, -0.05) is 29.8 Å². The van der Waals surface area contributed by atoms with Crippen LogP contribution >= 0.6 is 0 Å². The molecule has 0 spiro atoms. The van der Waals surface area contributed by atoms with Crippen LogP contribution in [0.5, 0.6) is 0 Å². The third-order valence-corrected chi connectivity index (χ3v) is 3.82. The van der Waals surface area contributed by atoms with Gasteiger partial charge in [0.25, 0.3) is 0 Å². The number of ketones is 1. The molecule has 1 aliphatic rings. The van der Waals surface area contributed by atoms with Crippen molar-refractivity contribution in [2.45, 2.75) is 26.4 Å². The second kappa shape index (κ2) is 6.69. The largest absolute Gasteiger partial charge is 0.389 e. The Hall–Kier alpha value is -1.23. The molecule has 1 aliphatic heterocycles. The Bertz CT molecular complexity index is 469. The molecule has 1 saturated heterocycles. The molecule has 0 unspecified atom stereocenters. The summed E-state index contributed by atoms with van der Waals surface area (Å²) >= 11 is 0. The number of piperazine rings is 1. The molecule has 1 aromatic rings. The number of aliphatic hydroxyl groups is 1. The summed E-state index contributed by atoms with van der Waals surface area (Å²) in [6, 6.07) is 7.77. The van der Waals surface area contributed by atoms with E-state index in [1.54, 1.807) is 0 Å². The highest BCUT2D eigenvalue weighted by Gasteiger charge is 2.23. The van der Waals surface area contributed by atoms with E-state index in [4.69, 9.17) is 0 Å². The maximum atomic E-state index is 12.2. The molecule has 0 radical (unpaired) electrons. The number of carbonyl (C=O) groups is 1. The van der Waals surface area contributed by atoms with Gasteiger partial charge in [0.2, 0.25) is 0 Å². The lowest BCUT2D eigenvalue weighted by molar-refractivity contribution is 0.0179. The van der Waals surface area contributed by atoms with Crippen LogP contribution in [-0.4, -0.2) is 65.6 Å². The van der Waals surface area contributed by atoms with Gasteiger partial charge in [-0.2, -0.15) is 0 Å². The zero-order valence-electron chi connectivity index (χ0n) is 13.3. The average Bonchev–Trinajstić information content (AvgIpc) is 2.40. The van der Waals surface area contributed by atoms with Crippen LogP contribution in [0.2, 0.25) is 0 Å². The molecule has 2 rings (SSSR count). The van der Waals surface area contributed by atoms with E-state index in [0.717, 1.165) is 31.7 Å². The summed E-state index contributed by atoms with van der Waals surface area (Å²) in [7, 11) is 0. The van der Waals surface area contributed by atoms with E-state index in [1.807, 2.05) is 45.0 Å². The lowest BCUT2D eigenvalue weighted by atomic mass is 10.1. The van der Waals surface area contributed by atoms with Crippen LogP contribution in [0.3, 0.4) is 0 Å². The molecule has 1 fully saturated rings.